The predicted molar refractivity (Wildman–Crippen MR) is 65.9 cm³/mol. The third-order valence-electron chi connectivity index (χ3n) is 3.45. The Hall–Kier alpha value is -1.98. The summed E-state index contributed by atoms with van der Waals surface area (Å²) in [7, 11) is 0. The Bertz CT molecular complexity index is 493. The number of nitrogens with zero attached hydrogens (tertiary/aromatic N) is 1. The van der Waals surface area contributed by atoms with Gasteiger partial charge in [-0.25, -0.2) is 4.39 Å². The van der Waals surface area contributed by atoms with Crippen LogP contribution in [0.4, 0.5) is 10.1 Å². The van der Waals surface area contributed by atoms with Crippen molar-refractivity contribution < 1.29 is 19.1 Å². The van der Waals surface area contributed by atoms with Crippen molar-refractivity contribution >= 4 is 17.6 Å². The van der Waals surface area contributed by atoms with Crippen molar-refractivity contribution in [2.24, 2.45) is 11.8 Å². The number of hydrogen-bond donors (Lipinski definition) is 2. The third kappa shape index (κ3) is 3.07. The summed E-state index contributed by atoms with van der Waals surface area (Å²) >= 11 is 0. The van der Waals surface area contributed by atoms with E-state index in [0.717, 1.165) is 19.0 Å². The van der Waals surface area contributed by atoms with Crippen molar-refractivity contribution in [3.8, 4) is 0 Å². The molecule has 1 aliphatic carbocycles. The van der Waals surface area contributed by atoms with Crippen LogP contribution in [0.5, 0.6) is 0 Å². The molecule has 0 radical (unpaired) electrons. The smallest absolute Gasteiger partial charge is 0.307 e. The van der Waals surface area contributed by atoms with Gasteiger partial charge in [-0.2, -0.15) is 0 Å². The highest BCUT2D eigenvalue weighted by atomic mass is 19.1. The third-order valence-corrected chi connectivity index (χ3v) is 3.45. The zero-order chi connectivity index (χ0) is 13.8. The van der Waals surface area contributed by atoms with Gasteiger partial charge in [-0.05, 0) is 18.9 Å². The predicted octanol–water partition coefficient (Wildman–Crippen LogP) is 2.05. The van der Waals surface area contributed by atoms with Gasteiger partial charge in [0.2, 0.25) is 5.91 Å². The van der Waals surface area contributed by atoms with Gasteiger partial charge >= 0.3 is 5.97 Å². The maximum absolute atomic E-state index is 13.4. The van der Waals surface area contributed by atoms with Gasteiger partial charge in [-0.1, -0.05) is 12.8 Å². The zero-order valence-electron chi connectivity index (χ0n) is 10.3. The van der Waals surface area contributed by atoms with E-state index in [1.807, 2.05) is 0 Å². The van der Waals surface area contributed by atoms with E-state index >= 15 is 0 Å². The minimum atomic E-state index is -0.963. The molecule has 19 heavy (non-hydrogen) atoms. The number of amides is 1. The van der Waals surface area contributed by atoms with Crippen LogP contribution in [0.25, 0.3) is 0 Å². The maximum atomic E-state index is 13.4. The van der Waals surface area contributed by atoms with Gasteiger partial charge in [-0.3, -0.25) is 14.6 Å². The number of pyridine rings is 1. The molecule has 1 aliphatic rings. The fourth-order valence-corrected chi connectivity index (χ4v) is 2.44. The first-order valence-electron chi connectivity index (χ1n) is 6.23. The second kappa shape index (κ2) is 5.77. The second-order valence-corrected chi connectivity index (χ2v) is 4.68. The number of carbonyl (C=O) groups excluding carboxylic acids is 1. The lowest BCUT2D eigenvalue weighted by Gasteiger charge is -2.27. The number of aromatic nitrogens is 1. The molecule has 0 aromatic carbocycles. The van der Waals surface area contributed by atoms with Crippen LogP contribution in [-0.2, 0) is 9.59 Å². The molecule has 6 heteroatoms. The summed E-state index contributed by atoms with van der Waals surface area (Å²) in [5.74, 6) is -3.30. The van der Waals surface area contributed by atoms with E-state index in [2.05, 4.69) is 10.3 Å². The van der Waals surface area contributed by atoms with E-state index in [9.17, 15) is 14.0 Å². The normalized spacial score (nSPS) is 22.8. The Morgan fingerprint density at radius 1 is 1.32 bits per heavy atom. The van der Waals surface area contributed by atoms with E-state index in [0.29, 0.717) is 12.8 Å². The minimum absolute atomic E-state index is 0.0368. The largest absolute Gasteiger partial charge is 0.481 e. The van der Waals surface area contributed by atoms with E-state index in [1.165, 1.54) is 12.3 Å². The molecule has 1 saturated carbocycles. The lowest BCUT2D eigenvalue weighted by atomic mass is 9.78. The molecule has 1 amide bonds. The van der Waals surface area contributed by atoms with Gasteiger partial charge < -0.3 is 10.4 Å². The number of halogens is 1. The first-order chi connectivity index (χ1) is 9.09. The van der Waals surface area contributed by atoms with Crippen molar-refractivity contribution in [3.63, 3.8) is 0 Å². The molecule has 0 bridgehead atoms. The molecule has 2 N–H and O–H groups in total. The molecule has 1 aromatic rings. The molecule has 1 fully saturated rings. The van der Waals surface area contributed by atoms with Crippen molar-refractivity contribution in [3.05, 3.63) is 24.3 Å². The average molecular weight is 266 g/mol. The number of carboxylic acids is 1. The highest BCUT2D eigenvalue weighted by Crippen LogP contribution is 2.31. The lowest BCUT2D eigenvalue weighted by molar-refractivity contribution is -0.147. The van der Waals surface area contributed by atoms with E-state index in [4.69, 9.17) is 5.11 Å². The Morgan fingerprint density at radius 3 is 2.63 bits per heavy atom. The van der Waals surface area contributed by atoms with Gasteiger partial charge in [0.25, 0.3) is 0 Å². The number of rotatable bonds is 3. The summed E-state index contributed by atoms with van der Waals surface area (Å²) in [6.45, 7) is 0. The van der Waals surface area contributed by atoms with Crippen LogP contribution in [0.15, 0.2) is 18.5 Å². The van der Waals surface area contributed by atoms with Crippen molar-refractivity contribution in [1.82, 2.24) is 4.98 Å². The van der Waals surface area contributed by atoms with Crippen LogP contribution in [0.1, 0.15) is 25.7 Å². The molecule has 102 valence electrons. The summed E-state index contributed by atoms with van der Waals surface area (Å²) < 4.78 is 13.4. The van der Waals surface area contributed by atoms with Crippen molar-refractivity contribution in [2.45, 2.75) is 25.7 Å². The Morgan fingerprint density at radius 2 is 2.00 bits per heavy atom. The molecular weight excluding hydrogens is 251 g/mol. The summed E-state index contributed by atoms with van der Waals surface area (Å²) in [6, 6.07) is 1.35. The van der Waals surface area contributed by atoms with Crippen LogP contribution >= 0.6 is 0 Å². The molecule has 5 nitrogen and oxygen atoms in total. The van der Waals surface area contributed by atoms with Crippen molar-refractivity contribution in [2.75, 3.05) is 5.32 Å². The Balaban J connectivity index is 2.10. The van der Waals surface area contributed by atoms with Crippen LogP contribution in [0, 0.1) is 17.7 Å². The van der Waals surface area contributed by atoms with Gasteiger partial charge in [0.15, 0.2) is 5.82 Å². The van der Waals surface area contributed by atoms with Crippen LogP contribution < -0.4 is 5.32 Å². The summed E-state index contributed by atoms with van der Waals surface area (Å²) in [5, 5.41) is 11.6. The molecule has 2 rings (SSSR count). The number of anilines is 1. The maximum Gasteiger partial charge on any atom is 0.307 e. The summed E-state index contributed by atoms with van der Waals surface area (Å²) in [4.78, 5) is 26.8. The highest BCUT2D eigenvalue weighted by Gasteiger charge is 2.35. The topological polar surface area (TPSA) is 79.3 Å². The number of hydrogen-bond acceptors (Lipinski definition) is 3. The first-order valence-corrected chi connectivity index (χ1v) is 6.23. The summed E-state index contributed by atoms with van der Waals surface area (Å²) in [6.07, 6.45) is 5.02. The molecular formula is C13H15FN2O3. The molecule has 0 spiro atoms. The zero-order valence-corrected chi connectivity index (χ0v) is 10.3. The minimum Gasteiger partial charge on any atom is -0.481 e. The lowest BCUT2D eigenvalue weighted by Crippen LogP contribution is -2.36. The quantitative estimate of drug-likeness (QED) is 0.877. The molecule has 1 aromatic heterocycles. The van der Waals surface area contributed by atoms with Gasteiger partial charge in [0.05, 0.1) is 23.7 Å². The number of carbonyl (C=O) groups is 2. The Labute approximate surface area is 109 Å². The summed E-state index contributed by atoms with van der Waals surface area (Å²) in [5.41, 5.74) is 0.0368. The fourth-order valence-electron chi connectivity index (χ4n) is 2.44. The van der Waals surface area contributed by atoms with Crippen LogP contribution in [0.2, 0.25) is 0 Å². The van der Waals surface area contributed by atoms with E-state index < -0.39 is 29.5 Å². The highest BCUT2D eigenvalue weighted by molar-refractivity contribution is 5.95. The van der Waals surface area contributed by atoms with Gasteiger partial charge in [0.1, 0.15) is 0 Å². The van der Waals surface area contributed by atoms with Crippen LogP contribution in [0.3, 0.4) is 0 Å². The SMILES string of the molecule is O=C(O)C1CCCCC1C(=O)Nc1ccncc1F. The van der Waals surface area contributed by atoms with E-state index in [1.54, 1.807) is 0 Å². The Kier molecular flexibility index (Phi) is 4.09. The first kappa shape index (κ1) is 13.5. The molecule has 2 atom stereocenters. The second-order valence-electron chi connectivity index (χ2n) is 4.68. The fraction of sp³-hybridized carbons (Fsp3) is 0.462. The standard InChI is InChI=1S/C13H15FN2O3/c14-10-7-15-6-5-11(10)16-12(17)8-3-1-2-4-9(8)13(18)19/h5-9H,1-4H2,(H,18,19)(H,15,16,17). The van der Waals surface area contributed by atoms with Gasteiger partial charge in [-0.15, -0.1) is 0 Å². The molecule has 0 aliphatic heterocycles. The average Bonchev–Trinajstić information content (AvgIpc) is 2.41. The van der Waals surface area contributed by atoms with E-state index in [-0.39, 0.29) is 5.69 Å². The number of nitrogens with one attached hydrogen (secondary N) is 1. The monoisotopic (exact) mass is 266 g/mol. The number of carboxylic acid groups (broad SMARTS) is 1. The number of aliphatic carboxylic acids is 1. The molecule has 1 heterocycles. The molecule has 0 saturated heterocycles. The van der Waals surface area contributed by atoms with Gasteiger partial charge in [0, 0.05) is 6.20 Å². The van der Waals surface area contributed by atoms with Crippen molar-refractivity contribution in [1.29, 1.82) is 0 Å². The van der Waals surface area contributed by atoms with Crippen LogP contribution in [-0.4, -0.2) is 22.0 Å². The molecule has 2 unspecified atom stereocenters.